The first-order chi connectivity index (χ1) is 10.2. The van der Waals surface area contributed by atoms with Crippen LogP contribution in [0.5, 0.6) is 0 Å². The van der Waals surface area contributed by atoms with Crippen LogP contribution < -0.4 is 10.6 Å². The lowest BCUT2D eigenvalue weighted by molar-refractivity contribution is -0.116. The molecule has 0 spiro atoms. The molecule has 2 aromatic rings. The van der Waals surface area contributed by atoms with Gasteiger partial charge in [-0.15, -0.1) is 0 Å². The van der Waals surface area contributed by atoms with E-state index in [2.05, 4.69) is 15.7 Å². The van der Waals surface area contributed by atoms with Gasteiger partial charge in [-0.25, -0.2) is 4.68 Å². The number of benzene rings is 1. The topological polar surface area (TPSA) is 59.0 Å². The molecule has 0 saturated carbocycles. The number of carbonyl (C=O) groups is 1. The first kappa shape index (κ1) is 14.1. The Morgan fingerprint density at radius 3 is 3.10 bits per heavy atom. The highest BCUT2D eigenvalue weighted by Crippen LogP contribution is 2.28. The minimum absolute atomic E-state index is 0.00919. The first-order valence-electron chi connectivity index (χ1n) is 7.06. The first-order valence-corrected chi connectivity index (χ1v) is 7.43. The monoisotopic (exact) mass is 304 g/mol. The standard InChI is InChI=1S/C15H17ClN4O/c16-12-5-1-6-13(15(12)20-9-3-8-18-20)19-14(21)10-11-4-2-7-17-11/h1,3,5-6,8-9,11,17H,2,4,7,10H2,(H,19,21). The lowest BCUT2D eigenvalue weighted by Gasteiger charge is -2.14. The number of amides is 1. The zero-order chi connectivity index (χ0) is 14.7. The Morgan fingerprint density at radius 1 is 1.48 bits per heavy atom. The summed E-state index contributed by atoms with van der Waals surface area (Å²) in [7, 11) is 0. The van der Waals surface area contributed by atoms with Crippen LogP contribution in [0.2, 0.25) is 5.02 Å². The number of halogens is 1. The number of para-hydroxylation sites is 1. The van der Waals surface area contributed by atoms with Gasteiger partial charge in [0.2, 0.25) is 5.91 Å². The largest absolute Gasteiger partial charge is 0.324 e. The van der Waals surface area contributed by atoms with Crippen LogP contribution in [0.15, 0.2) is 36.7 Å². The van der Waals surface area contributed by atoms with Crippen molar-refractivity contribution in [3.8, 4) is 5.69 Å². The van der Waals surface area contributed by atoms with Crippen LogP contribution >= 0.6 is 11.6 Å². The van der Waals surface area contributed by atoms with Gasteiger partial charge < -0.3 is 10.6 Å². The summed E-state index contributed by atoms with van der Waals surface area (Å²) in [6, 6.07) is 7.53. The number of carbonyl (C=O) groups excluding carboxylic acids is 1. The predicted octanol–water partition coefficient (Wildman–Crippen LogP) is 2.61. The highest BCUT2D eigenvalue weighted by Gasteiger charge is 2.19. The maximum atomic E-state index is 12.2. The summed E-state index contributed by atoms with van der Waals surface area (Å²) in [5.41, 5.74) is 1.37. The molecule has 110 valence electrons. The van der Waals surface area contributed by atoms with Gasteiger partial charge in [0.1, 0.15) is 5.69 Å². The van der Waals surface area contributed by atoms with Gasteiger partial charge in [-0.2, -0.15) is 5.10 Å². The average molecular weight is 305 g/mol. The molecule has 1 atom stereocenters. The molecule has 3 rings (SSSR count). The third-order valence-corrected chi connectivity index (χ3v) is 3.89. The molecule has 21 heavy (non-hydrogen) atoms. The second-order valence-corrected chi connectivity index (χ2v) is 5.54. The zero-order valence-corrected chi connectivity index (χ0v) is 12.3. The molecule has 0 bridgehead atoms. The molecule has 0 radical (unpaired) electrons. The highest BCUT2D eigenvalue weighted by molar-refractivity contribution is 6.33. The second kappa shape index (κ2) is 6.28. The Kier molecular flexibility index (Phi) is 4.22. The molecule has 1 unspecified atom stereocenters. The van der Waals surface area contributed by atoms with E-state index >= 15 is 0 Å². The van der Waals surface area contributed by atoms with Gasteiger partial charge in [0, 0.05) is 24.9 Å². The van der Waals surface area contributed by atoms with Crippen LogP contribution in [0.4, 0.5) is 5.69 Å². The quantitative estimate of drug-likeness (QED) is 0.913. The van der Waals surface area contributed by atoms with Gasteiger partial charge in [-0.1, -0.05) is 17.7 Å². The molecule has 1 aromatic heterocycles. The van der Waals surface area contributed by atoms with Crippen molar-refractivity contribution >= 4 is 23.2 Å². The van der Waals surface area contributed by atoms with Crippen LogP contribution in [-0.4, -0.2) is 28.3 Å². The van der Waals surface area contributed by atoms with E-state index in [9.17, 15) is 4.79 Å². The van der Waals surface area contributed by atoms with Crippen molar-refractivity contribution in [2.24, 2.45) is 0 Å². The number of nitrogens with one attached hydrogen (secondary N) is 2. The molecule has 1 amide bonds. The van der Waals surface area contributed by atoms with E-state index in [0.717, 1.165) is 19.4 Å². The number of rotatable bonds is 4. The number of hydrogen-bond donors (Lipinski definition) is 2. The molecule has 2 N–H and O–H groups in total. The average Bonchev–Trinajstić information content (AvgIpc) is 3.11. The van der Waals surface area contributed by atoms with E-state index in [0.29, 0.717) is 22.8 Å². The van der Waals surface area contributed by atoms with Gasteiger partial charge in [0.25, 0.3) is 0 Å². The van der Waals surface area contributed by atoms with Crippen molar-refractivity contribution in [2.75, 3.05) is 11.9 Å². The fourth-order valence-electron chi connectivity index (χ4n) is 2.61. The Labute approximate surface area is 128 Å². The number of hydrogen-bond acceptors (Lipinski definition) is 3. The molecule has 6 heteroatoms. The van der Waals surface area contributed by atoms with Crippen LogP contribution in [-0.2, 0) is 4.79 Å². The second-order valence-electron chi connectivity index (χ2n) is 5.13. The summed E-state index contributed by atoms with van der Waals surface area (Å²) in [4.78, 5) is 12.2. The third kappa shape index (κ3) is 3.25. The van der Waals surface area contributed by atoms with Crippen molar-refractivity contribution in [1.29, 1.82) is 0 Å². The van der Waals surface area contributed by atoms with Crippen LogP contribution in [0, 0.1) is 0 Å². The zero-order valence-electron chi connectivity index (χ0n) is 11.6. The lowest BCUT2D eigenvalue weighted by Crippen LogP contribution is -2.27. The van der Waals surface area contributed by atoms with Crippen molar-refractivity contribution < 1.29 is 4.79 Å². The Balaban J connectivity index is 1.79. The van der Waals surface area contributed by atoms with Crippen LogP contribution in [0.3, 0.4) is 0 Å². The normalized spacial score (nSPS) is 17.9. The van der Waals surface area contributed by atoms with Crippen molar-refractivity contribution in [1.82, 2.24) is 15.1 Å². The van der Waals surface area contributed by atoms with Crippen molar-refractivity contribution in [2.45, 2.75) is 25.3 Å². The number of nitrogens with zero attached hydrogens (tertiary/aromatic N) is 2. The van der Waals surface area contributed by atoms with Gasteiger partial charge in [0.15, 0.2) is 0 Å². The summed E-state index contributed by atoms with van der Waals surface area (Å²) in [6.45, 7) is 0.994. The molecule has 1 fully saturated rings. The molecular weight excluding hydrogens is 288 g/mol. The predicted molar refractivity (Wildman–Crippen MR) is 82.8 cm³/mol. The molecule has 2 heterocycles. The number of anilines is 1. The highest BCUT2D eigenvalue weighted by atomic mass is 35.5. The fraction of sp³-hybridized carbons (Fsp3) is 0.333. The maximum absolute atomic E-state index is 12.2. The van der Waals surface area contributed by atoms with Gasteiger partial charge in [-0.3, -0.25) is 4.79 Å². The van der Waals surface area contributed by atoms with E-state index in [1.165, 1.54) is 0 Å². The van der Waals surface area contributed by atoms with E-state index in [1.807, 2.05) is 18.2 Å². The van der Waals surface area contributed by atoms with E-state index in [-0.39, 0.29) is 11.9 Å². The minimum Gasteiger partial charge on any atom is -0.324 e. The number of aromatic nitrogens is 2. The molecule has 1 aromatic carbocycles. The Morgan fingerprint density at radius 2 is 2.38 bits per heavy atom. The lowest BCUT2D eigenvalue weighted by atomic mass is 10.1. The summed E-state index contributed by atoms with van der Waals surface area (Å²) in [5, 5.41) is 11.0. The minimum atomic E-state index is -0.00919. The molecular formula is C15H17ClN4O. The van der Waals surface area contributed by atoms with Gasteiger partial charge in [0.05, 0.1) is 10.7 Å². The molecule has 1 saturated heterocycles. The van der Waals surface area contributed by atoms with Gasteiger partial charge >= 0.3 is 0 Å². The van der Waals surface area contributed by atoms with Crippen LogP contribution in [0.1, 0.15) is 19.3 Å². The molecule has 1 aliphatic rings. The SMILES string of the molecule is O=C(CC1CCCN1)Nc1cccc(Cl)c1-n1cccn1. The van der Waals surface area contributed by atoms with E-state index < -0.39 is 0 Å². The maximum Gasteiger partial charge on any atom is 0.225 e. The Bertz CT molecular complexity index is 621. The van der Waals surface area contributed by atoms with Crippen LogP contribution in [0.25, 0.3) is 5.69 Å². The smallest absolute Gasteiger partial charge is 0.225 e. The molecule has 0 aliphatic carbocycles. The summed E-state index contributed by atoms with van der Waals surface area (Å²) < 4.78 is 1.66. The molecule has 1 aliphatic heterocycles. The van der Waals surface area contributed by atoms with Crippen molar-refractivity contribution in [3.63, 3.8) is 0 Å². The Hall–Kier alpha value is -1.85. The third-order valence-electron chi connectivity index (χ3n) is 3.59. The van der Waals surface area contributed by atoms with E-state index in [4.69, 9.17) is 11.6 Å². The van der Waals surface area contributed by atoms with Gasteiger partial charge in [-0.05, 0) is 37.6 Å². The van der Waals surface area contributed by atoms with E-state index in [1.54, 1.807) is 23.1 Å². The molecule has 5 nitrogen and oxygen atoms in total. The fourth-order valence-corrected chi connectivity index (χ4v) is 2.87. The summed E-state index contributed by atoms with van der Waals surface area (Å²) >= 11 is 6.25. The summed E-state index contributed by atoms with van der Waals surface area (Å²) in [6.07, 6.45) is 6.14. The van der Waals surface area contributed by atoms with Crippen molar-refractivity contribution in [3.05, 3.63) is 41.7 Å². The summed E-state index contributed by atoms with van der Waals surface area (Å²) in [5.74, 6) is -0.00919.